The van der Waals surface area contributed by atoms with E-state index < -0.39 is 42.1 Å². The van der Waals surface area contributed by atoms with E-state index in [-0.39, 0.29) is 21.7 Å². The van der Waals surface area contributed by atoms with Gasteiger partial charge in [-0.1, -0.05) is 303 Å². The summed E-state index contributed by atoms with van der Waals surface area (Å²) in [5.74, 6) is 0. The molecule has 15 aromatic rings. The quantitative estimate of drug-likeness (QED) is 0.0951. The minimum absolute atomic E-state index is 0.0371. The molecule has 2 aromatic heterocycles. The largest absolute Gasteiger partial charge is 0.310 e. The van der Waals surface area contributed by atoms with Gasteiger partial charge >= 0.3 is 0 Å². The molecular formula is C113H121BN4. The molecule has 2 aliphatic rings. The maximum atomic E-state index is 11.1. The highest BCUT2D eigenvalue weighted by Gasteiger charge is 2.47. The van der Waals surface area contributed by atoms with Gasteiger partial charge in [-0.25, -0.2) is 0 Å². The summed E-state index contributed by atoms with van der Waals surface area (Å²) in [7, 11) is 0. The fourth-order valence-corrected chi connectivity index (χ4v) is 19.0. The van der Waals surface area contributed by atoms with E-state index in [4.69, 9.17) is 0 Å². The van der Waals surface area contributed by atoms with Crippen molar-refractivity contribution < 1.29 is 8.22 Å². The molecule has 4 nitrogen and oxygen atoms in total. The highest BCUT2D eigenvalue weighted by atomic mass is 15.2. The number of nitrogens with zero attached hydrogens (tertiary/aromatic N) is 4. The molecule has 0 amide bonds. The van der Waals surface area contributed by atoms with Gasteiger partial charge in [0.2, 0.25) is 0 Å². The van der Waals surface area contributed by atoms with Gasteiger partial charge in [-0.15, -0.1) is 0 Å². The first-order valence-corrected chi connectivity index (χ1v) is 42.9. The Labute approximate surface area is 713 Å². The molecule has 0 N–H and O–H groups in total. The van der Waals surface area contributed by atoms with E-state index in [0.717, 1.165) is 154 Å². The molecule has 0 atom stereocenters. The molecule has 596 valence electrons. The minimum atomic E-state index is -2.02. The zero-order valence-electron chi connectivity index (χ0n) is 79.6. The smallest absolute Gasteiger partial charge is 0.252 e. The predicted octanol–water partition coefficient (Wildman–Crippen LogP) is 29.8. The van der Waals surface area contributed by atoms with Crippen LogP contribution in [-0.4, -0.2) is 15.8 Å². The lowest BCUT2D eigenvalue weighted by Crippen LogP contribution is -2.61. The van der Waals surface area contributed by atoms with E-state index >= 15 is 0 Å². The molecule has 5 heteroatoms. The van der Waals surface area contributed by atoms with Gasteiger partial charge in [-0.2, -0.15) is 0 Å². The Hall–Kier alpha value is -10.9. The Bertz CT molecular complexity index is 6030. The van der Waals surface area contributed by atoms with Gasteiger partial charge in [0.25, 0.3) is 6.71 Å². The summed E-state index contributed by atoms with van der Waals surface area (Å²) in [5, 5.41) is 4.76. The van der Waals surface area contributed by atoms with Crippen molar-refractivity contribution in [3.63, 3.8) is 0 Å². The molecule has 0 fully saturated rings. The molecular weight excluding hydrogens is 1420 g/mol. The Morgan fingerprint density at radius 1 is 0.246 bits per heavy atom. The van der Waals surface area contributed by atoms with Crippen LogP contribution in [0.15, 0.2) is 267 Å². The van der Waals surface area contributed by atoms with Crippen molar-refractivity contribution in [1.29, 1.82) is 0 Å². The van der Waals surface area contributed by atoms with Crippen molar-refractivity contribution in [2.45, 2.75) is 190 Å². The van der Waals surface area contributed by atoms with Gasteiger partial charge in [0, 0.05) is 86.1 Å². The SMILES string of the molecule is [2H]C([2H])(c1cc(-c2ccccc2)c(N2c3cc(-n4c5ccc(CC(C)(C)C)cc5c5cc(CC(C)(C)C)ccc54)ccc3B3c4ccc(-n5c6ccc(CC(C)(C)C)cc6c6cc(CC(C)(C)C)ccc65)cc4N(c4c(-c5ccccc5)cc(C([2H])([2H])C(C)(C)C)cc4-c4ccccc4)c4cc(C([2H])([2H])C(C)(C)C)cc2c43)c(-c2ccccc2)c1)C(C)(C)C. The standard InChI is InChI=1S/C113H121BN4/c1-107(2,3)66-73-42-50-96-90(54-73)91-55-74(67-108(4,5)6)43-51-97(91)115(96)84-46-48-94-100(64-84)117(105-86(80-34-26-22-27-35-80)58-77(70-111(13,14)15)59-87(105)81-36-28-23-29-37-81)102-62-79(72-113(19,20)21)63-103-104(102)114(94)95-49-47-85(116-98-52-44-75(68-109(7,8)9)56-92(98)93-57-76(45-53-99(93)116)69-110(10,11)12)65-101(95)118(103)106-88(82-38-30-24-31-39-82)60-78(71-112(16,17)18)61-89(106)83-40-32-25-33-41-83/h22-65H,66-72H2,1-21H3/i70D2,71D2,72D2. The van der Waals surface area contributed by atoms with Crippen LogP contribution in [0.3, 0.4) is 0 Å². The minimum Gasteiger partial charge on any atom is -0.310 e. The average molecular weight is 1550 g/mol. The maximum Gasteiger partial charge on any atom is 0.252 e. The number of anilines is 6. The molecule has 2 aliphatic heterocycles. The molecule has 17 rings (SSSR count). The van der Waals surface area contributed by atoms with Crippen LogP contribution in [0.1, 0.15) is 193 Å². The molecule has 118 heavy (non-hydrogen) atoms. The van der Waals surface area contributed by atoms with Crippen LogP contribution in [0.5, 0.6) is 0 Å². The van der Waals surface area contributed by atoms with E-state index in [2.05, 4.69) is 369 Å². The van der Waals surface area contributed by atoms with Crippen LogP contribution < -0.4 is 26.2 Å². The highest BCUT2D eigenvalue weighted by molar-refractivity contribution is 7.00. The second-order valence-corrected chi connectivity index (χ2v) is 42.0. The Morgan fingerprint density at radius 3 is 0.746 bits per heavy atom. The molecule has 0 saturated heterocycles. The number of aromatic nitrogens is 2. The lowest BCUT2D eigenvalue weighted by atomic mass is 9.33. The normalized spacial score (nSPS) is 14.6. The summed E-state index contributed by atoms with van der Waals surface area (Å²) in [6, 6.07) is 97.7. The fourth-order valence-electron chi connectivity index (χ4n) is 19.0. The molecule has 13 aromatic carbocycles. The second-order valence-electron chi connectivity index (χ2n) is 42.0. The van der Waals surface area contributed by atoms with Gasteiger partial charge < -0.3 is 18.9 Å². The fraction of sp³-hybridized carbons (Fsp3) is 0.310. The first-order valence-electron chi connectivity index (χ1n) is 45.9. The van der Waals surface area contributed by atoms with Crippen molar-refractivity contribution in [3.8, 4) is 55.9 Å². The topological polar surface area (TPSA) is 16.3 Å². The summed E-state index contributed by atoms with van der Waals surface area (Å²) in [5.41, 5.74) is 25.3. The summed E-state index contributed by atoms with van der Waals surface area (Å²) in [6.07, 6.45) is -2.10. The first kappa shape index (κ1) is 72.4. The lowest BCUT2D eigenvalue weighted by molar-refractivity contribution is 0.411. The zero-order valence-corrected chi connectivity index (χ0v) is 73.6. The van der Waals surface area contributed by atoms with Crippen LogP contribution in [0, 0.1) is 37.9 Å². The van der Waals surface area contributed by atoms with E-state index in [0.29, 0.717) is 16.7 Å². The highest BCUT2D eigenvalue weighted by Crippen LogP contribution is 2.56. The monoisotopic (exact) mass is 1550 g/mol. The second kappa shape index (κ2) is 29.6. The average Bonchev–Trinajstić information content (AvgIpc) is 0.846. The number of hydrogen-bond acceptors (Lipinski definition) is 2. The van der Waals surface area contributed by atoms with E-state index in [9.17, 15) is 8.22 Å². The number of hydrogen-bond donors (Lipinski definition) is 0. The van der Waals surface area contributed by atoms with Crippen LogP contribution in [0.25, 0.3) is 99.5 Å². The molecule has 0 bridgehead atoms. The third-order valence-electron chi connectivity index (χ3n) is 22.8. The third kappa shape index (κ3) is 16.1. The van der Waals surface area contributed by atoms with Crippen LogP contribution in [0.2, 0.25) is 0 Å². The number of rotatable bonds is 15. The first-order chi connectivity index (χ1) is 58.1. The number of benzene rings is 13. The predicted molar refractivity (Wildman–Crippen MR) is 513 cm³/mol. The van der Waals surface area contributed by atoms with Gasteiger partial charge in [0.1, 0.15) is 0 Å². The third-order valence-corrected chi connectivity index (χ3v) is 22.8. The Balaban J connectivity index is 1.08. The zero-order chi connectivity index (χ0) is 88.5. The van der Waals surface area contributed by atoms with Gasteiger partial charge in [0.15, 0.2) is 0 Å². The molecule has 0 unspecified atom stereocenters. The van der Waals surface area contributed by atoms with Gasteiger partial charge in [0.05, 0.1) is 33.4 Å². The molecule has 0 radical (unpaired) electrons. The summed E-state index contributed by atoms with van der Waals surface area (Å²) >= 11 is 0. The summed E-state index contributed by atoms with van der Waals surface area (Å²) in [4.78, 5) is 4.95. The van der Waals surface area contributed by atoms with Crippen molar-refractivity contribution >= 4 is 101 Å². The number of fused-ring (bicyclic) bond motifs is 10. The summed E-state index contributed by atoms with van der Waals surface area (Å²) in [6.45, 7) is 45.3. The van der Waals surface area contributed by atoms with E-state index in [1.807, 2.05) is 62.3 Å². The van der Waals surface area contributed by atoms with Crippen LogP contribution in [0.4, 0.5) is 34.1 Å². The molecule has 4 heterocycles. The Kier molecular flexibility index (Phi) is 18.1. The lowest BCUT2D eigenvalue weighted by Gasteiger charge is -2.46. The van der Waals surface area contributed by atoms with Crippen molar-refractivity contribution in [1.82, 2.24) is 9.13 Å². The van der Waals surface area contributed by atoms with E-state index in [1.54, 1.807) is 0 Å². The molecule has 0 aliphatic carbocycles. The van der Waals surface area contributed by atoms with Crippen molar-refractivity contribution in [3.05, 3.63) is 306 Å². The van der Waals surface area contributed by atoms with Crippen molar-refractivity contribution in [2.75, 3.05) is 9.80 Å². The molecule has 0 spiro atoms. The van der Waals surface area contributed by atoms with E-state index in [1.165, 1.54) is 43.8 Å². The molecule has 0 saturated carbocycles. The van der Waals surface area contributed by atoms with Crippen LogP contribution in [-0.2, 0) is 44.8 Å². The summed E-state index contributed by atoms with van der Waals surface area (Å²) < 4.78 is 68.7. The maximum absolute atomic E-state index is 11.1. The Morgan fingerprint density at radius 2 is 0.500 bits per heavy atom. The van der Waals surface area contributed by atoms with Gasteiger partial charge in [-0.3, -0.25) is 0 Å². The van der Waals surface area contributed by atoms with Gasteiger partial charge in [-0.05, 0) is 269 Å². The van der Waals surface area contributed by atoms with Crippen molar-refractivity contribution in [2.24, 2.45) is 37.9 Å². The van der Waals surface area contributed by atoms with Crippen LogP contribution >= 0.6 is 0 Å².